The number of nitrogens with one attached hydrogen (secondary N) is 1. The average molecular weight is 546 g/mol. The Labute approximate surface area is 224 Å². The molecule has 11 heteroatoms. The van der Waals surface area contributed by atoms with Crippen LogP contribution in [0.1, 0.15) is 77.2 Å². The highest BCUT2D eigenvalue weighted by Gasteiger charge is 2.41. The van der Waals surface area contributed by atoms with Crippen LogP contribution in [0.15, 0.2) is 42.7 Å². The second-order valence-corrected chi connectivity index (χ2v) is 10.5. The summed E-state index contributed by atoms with van der Waals surface area (Å²) in [6, 6.07) is 8.85. The number of fused-ring (bicyclic) bond motifs is 1. The summed E-state index contributed by atoms with van der Waals surface area (Å²) in [7, 11) is 1.61. The lowest BCUT2D eigenvalue weighted by Gasteiger charge is -2.39. The fourth-order valence-electron chi connectivity index (χ4n) is 4.90. The van der Waals surface area contributed by atoms with Crippen LogP contribution in [0.5, 0.6) is 0 Å². The van der Waals surface area contributed by atoms with Crippen LogP contribution in [0.3, 0.4) is 0 Å². The predicted molar refractivity (Wildman–Crippen MR) is 137 cm³/mol. The molecule has 1 amide bonds. The monoisotopic (exact) mass is 545 g/mol. The predicted octanol–water partition coefficient (Wildman–Crippen LogP) is 5.49. The van der Waals surface area contributed by atoms with Gasteiger partial charge in [-0.1, -0.05) is 12.1 Å². The number of rotatable bonds is 6. The van der Waals surface area contributed by atoms with E-state index in [9.17, 15) is 18.0 Å². The highest BCUT2D eigenvalue weighted by atomic mass is 19.4. The lowest BCUT2D eigenvalue weighted by molar-refractivity contribution is -0.138. The molecule has 1 saturated carbocycles. The highest BCUT2D eigenvalue weighted by Crippen LogP contribution is 2.40. The SMILES string of the molecule is C1COC1.Cn1cnnc1C(F)c1cccc(N2Cc3c(cc(CNC4(C)CCC4)cc3C(F)(F)F)C2=O)c1. The molecule has 3 heterocycles. The minimum atomic E-state index is -4.60. The van der Waals surface area contributed by atoms with Gasteiger partial charge in [-0.05, 0) is 73.6 Å². The Morgan fingerprint density at radius 2 is 1.87 bits per heavy atom. The van der Waals surface area contributed by atoms with Crippen LogP contribution in [-0.4, -0.2) is 39.4 Å². The molecule has 208 valence electrons. The van der Waals surface area contributed by atoms with E-state index in [2.05, 4.69) is 15.5 Å². The van der Waals surface area contributed by atoms with Crippen molar-refractivity contribution in [3.63, 3.8) is 0 Å². The fourth-order valence-corrected chi connectivity index (χ4v) is 4.90. The van der Waals surface area contributed by atoms with Crippen molar-refractivity contribution in [2.24, 2.45) is 7.05 Å². The van der Waals surface area contributed by atoms with Crippen molar-refractivity contribution in [2.45, 2.75) is 63.6 Å². The van der Waals surface area contributed by atoms with E-state index in [1.807, 2.05) is 6.92 Å². The molecular weight excluding hydrogens is 514 g/mol. The number of alkyl halides is 4. The molecular formula is C28H31F4N5O2. The number of carbonyl (C=O) groups excluding carboxylic acids is 1. The Morgan fingerprint density at radius 1 is 1.15 bits per heavy atom. The highest BCUT2D eigenvalue weighted by molar-refractivity contribution is 6.10. The van der Waals surface area contributed by atoms with Crippen molar-refractivity contribution in [2.75, 3.05) is 18.1 Å². The summed E-state index contributed by atoms with van der Waals surface area (Å²) < 4.78 is 63.2. The normalized spacial score (nSPS) is 18.5. The van der Waals surface area contributed by atoms with Gasteiger partial charge in [0.1, 0.15) is 6.33 Å². The number of carbonyl (C=O) groups is 1. The first-order valence-corrected chi connectivity index (χ1v) is 13.0. The van der Waals surface area contributed by atoms with Crippen LogP contribution >= 0.6 is 0 Å². The molecule has 1 aromatic heterocycles. The summed E-state index contributed by atoms with van der Waals surface area (Å²) in [5, 5.41) is 10.8. The summed E-state index contributed by atoms with van der Waals surface area (Å²) in [5.41, 5.74) is 0.0570. The van der Waals surface area contributed by atoms with Gasteiger partial charge >= 0.3 is 6.18 Å². The van der Waals surface area contributed by atoms with Gasteiger partial charge in [-0.25, -0.2) is 4.39 Å². The quantitative estimate of drug-likeness (QED) is 0.415. The zero-order valence-corrected chi connectivity index (χ0v) is 21.9. The number of aromatic nitrogens is 3. The van der Waals surface area contributed by atoms with Crippen LogP contribution in [0.2, 0.25) is 0 Å². The van der Waals surface area contributed by atoms with Gasteiger partial charge in [0, 0.05) is 43.6 Å². The van der Waals surface area contributed by atoms with Gasteiger partial charge in [0.05, 0.1) is 12.1 Å². The third-order valence-electron chi connectivity index (χ3n) is 7.61. The smallest absolute Gasteiger partial charge is 0.381 e. The molecule has 7 nitrogen and oxygen atoms in total. The van der Waals surface area contributed by atoms with Crippen LogP contribution in [-0.2, 0) is 31.1 Å². The van der Waals surface area contributed by atoms with Gasteiger partial charge in [-0.15, -0.1) is 10.2 Å². The minimum absolute atomic E-state index is 0.0332. The topological polar surface area (TPSA) is 72.3 Å². The van der Waals surface area contributed by atoms with Gasteiger partial charge < -0.3 is 19.5 Å². The molecule has 1 atom stereocenters. The van der Waals surface area contributed by atoms with E-state index < -0.39 is 23.8 Å². The molecule has 0 radical (unpaired) electrons. The molecule has 0 spiro atoms. The van der Waals surface area contributed by atoms with E-state index in [1.54, 1.807) is 31.3 Å². The molecule has 1 N–H and O–H groups in total. The first-order valence-electron chi connectivity index (χ1n) is 13.0. The molecule has 2 aliphatic heterocycles. The molecule has 1 unspecified atom stereocenters. The summed E-state index contributed by atoms with van der Waals surface area (Å²) in [6.07, 6.45) is -0.520. The lowest BCUT2D eigenvalue weighted by atomic mass is 9.78. The molecule has 1 aliphatic carbocycles. The number of aryl methyl sites for hydroxylation is 1. The van der Waals surface area contributed by atoms with Crippen LogP contribution in [0.4, 0.5) is 23.2 Å². The van der Waals surface area contributed by atoms with Crippen LogP contribution in [0, 0.1) is 0 Å². The molecule has 1 saturated heterocycles. The number of nitrogens with zero attached hydrogens (tertiary/aromatic N) is 4. The van der Waals surface area contributed by atoms with E-state index in [0.717, 1.165) is 38.5 Å². The Morgan fingerprint density at radius 3 is 2.44 bits per heavy atom. The zero-order chi connectivity index (χ0) is 27.8. The van der Waals surface area contributed by atoms with Crippen molar-refractivity contribution >= 4 is 11.6 Å². The standard InChI is InChI=1S/C25H25F4N5O.C3H6O/c1-24(7-4-8-24)30-12-15-9-18-19(20(10-15)25(27,28)29)13-34(23(18)35)17-6-3-5-16(11-17)21(26)22-32-31-14-33(22)2;1-2-4-3-1/h3,5-6,9-11,14,21,30H,4,7-8,12-13H2,1-2H3;1-3H2. The second-order valence-electron chi connectivity index (χ2n) is 10.5. The van der Waals surface area contributed by atoms with Gasteiger partial charge in [0.2, 0.25) is 0 Å². The fraction of sp³-hybridized carbons (Fsp3) is 0.464. The number of hydrogen-bond acceptors (Lipinski definition) is 5. The molecule has 2 aromatic carbocycles. The average Bonchev–Trinajstić information content (AvgIpc) is 3.42. The Balaban J connectivity index is 0.000000707. The first kappa shape index (κ1) is 27.3. The maximum Gasteiger partial charge on any atom is 0.416 e. The number of anilines is 1. The van der Waals surface area contributed by atoms with Crippen molar-refractivity contribution < 1.29 is 27.1 Å². The summed E-state index contributed by atoms with van der Waals surface area (Å²) in [5.74, 6) is -0.441. The summed E-state index contributed by atoms with van der Waals surface area (Å²) in [4.78, 5) is 14.5. The van der Waals surface area contributed by atoms with E-state index in [4.69, 9.17) is 4.74 Å². The number of benzene rings is 2. The van der Waals surface area contributed by atoms with Gasteiger partial charge in [-0.3, -0.25) is 4.79 Å². The van der Waals surface area contributed by atoms with E-state index in [0.29, 0.717) is 11.3 Å². The molecule has 0 bridgehead atoms. The Hall–Kier alpha value is -3.31. The van der Waals surface area contributed by atoms with Crippen molar-refractivity contribution in [1.29, 1.82) is 0 Å². The number of halogens is 4. The Bertz CT molecular complexity index is 1340. The third kappa shape index (κ3) is 5.69. The molecule has 6 rings (SSSR count). The van der Waals surface area contributed by atoms with Crippen LogP contribution in [0.25, 0.3) is 0 Å². The van der Waals surface area contributed by atoms with Crippen molar-refractivity contribution in [1.82, 2.24) is 20.1 Å². The number of hydrogen-bond donors (Lipinski definition) is 1. The van der Waals surface area contributed by atoms with Crippen molar-refractivity contribution in [3.8, 4) is 0 Å². The van der Waals surface area contributed by atoms with Gasteiger partial charge in [0.25, 0.3) is 5.91 Å². The summed E-state index contributed by atoms with van der Waals surface area (Å²) in [6.45, 7) is 4.06. The van der Waals surface area contributed by atoms with E-state index >= 15 is 4.39 Å². The molecule has 3 aromatic rings. The largest absolute Gasteiger partial charge is 0.416 e. The number of ether oxygens (including phenoxy) is 1. The minimum Gasteiger partial charge on any atom is -0.381 e. The maximum atomic E-state index is 15.1. The third-order valence-corrected chi connectivity index (χ3v) is 7.61. The van der Waals surface area contributed by atoms with Crippen molar-refractivity contribution in [3.05, 3.63) is 76.4 Å². The van der Waals surface area contributed by atoms with Crippen LogP contribution < -0.4 is 10.2 Å². The molecule has 39 heavy (non-hydrogen) atoms. The lowest BCUT2D eigenvalue weighted by Crippen LogP contribution is -2.47. The van der Waals surface area contributed by atoms with E-state index in [1.165, 1.54) is 28.3 Å². The van der Waals surface area contributed by atoms with Gasteiger partial charge in [-0.2, -0.15) is 13.2 Å². The maximum absolute atomic E-state index is 15.1. The molecule has 3 aliphatic rings. The Kier molecular flexibility index (Phi) is 7.47. The summed E-state index contributed by atoms with van der Waals surface area (Å²) >= 11 is 0. The first-order chi connectivity index (χ1) is 18.6. The number of amides is 1. The molecule has 2 fully saturated rings. The zero-order valence-electron chi connectivity index (χ0n) is 21.9. The second kappa shape index (κ2) is 10.7. The van der Waals surface area contributed by atoms with E-state index in [-0.39, 0.29) is 41.1 Å². The van der Waals surface area contributed by atoms with Gasteiger partial charge in [0.15, 0.2) is 12.0 Å².